The molecule has 0 bridgehead atoms. The summed E-state index contributed by atoms with van der Waals surface area (Å²) in [5.74, 6) is -0.0216. The zero-order chi connectivity index (χ0) is 28.4. The van der Waals surface area contributed by atoms with Crippen molar-refractivity contribution in [2.24, 2.45) is 7.05 Å². The van der Waals surface area contributed by atoms with Gasteiger partial charge in [-0.1, -0.05) is 0 Å². The largest absolute Gasteiger partial charge is 0.490 e. The van der Waals surface area contributed by atoms with Gasteiger partial charge in [0.15, 0.2) is 0 Å². The fourth-order valence-electron chi connectivity index (χ4n) is 4.52. The summed E-state index contributed by atoms with van der Waals surface area (Å²) < 4.78 is 34.4. The van der Waals surface area contributed by atoms with E-state index in [9.17, 15) is 9.18 Å². The fraction of sp³-hybridized carbons (Fsp3) is 0.379. The first kappa shape index (κ1) is 27.3. The molecule has 1 aliphatic heterocycles. The van der Waals surface area contributed by atoms with Gasteiger partial charge >= 0.3 is 6.09 Å². The summed E-state index contributed by atoms with van der Waals surface area (Å²) >= 11 is 0. The number of rotatable bonds is 7. The number of amides is 1. The number of benzene rings is 1. The molecule has 1 amide bonds. The second-order valence-corrected chi connectivity index (χ2v) is 10.6. The van der Waals surface area contributed by atoms with Crippen molar-refractivity contribution in [2.75, 3.05) is 26.9 Å². The highest BCUT2D eigenvalue weighted by atomic mass is 19.1. The van der Waals surface area contributed by atoms with Crippen LogP contribution in [0.2, 0.25) is 0 Å². The molecule has 0 N–H and O–H groups in total. The third-order valence-electron chi connectivity index (χ3n) is 6.37. The summed E-state index contributed by atoms with van der Waals surface area (Å²) in [6.45, 7) is 7.54. The Hall–Kier alpha value is -4.25. The minimum Gasteiger partial charge on any atom is -0.490 e. The Labute approximate surface area is 232 Å². The number of ether oxygens (including phenoxy) is 3. The second-order valence-electron chi connectivity index (χ2n) is 10.6. The molecule has 0 radical (unpaired) electrons. The van der Waals surface area contributed by atoms with E-state index in [0.29, 0.717) is 48.9 Å². The first-order valence-electron chi connectivity index (χ1n) is 13.1. The Morgan fingerprint density at radius 3 is 2.58 bits per heavy atom. The summed E-state index contributed by atoms with van der Waals surface area (Å²) in [5.41, 5.74) is 4.51. The summed E-state index contributed by atoms with van der Waals surface area (Å²) in [6.07, 6.45) is 3.28. The number of aryl methyl sites for hydroxylation is 1. The Balaban J connectivity index is 1.56. The second kappa shape index (κ2) is 11.1. The van der Waals surface area contributed by atoms with E-state index in [1.54, 1.807) is 29.0 Å². The maximum Gasteiger partial charge on any atom is 0.410 e. The molecule has 0 unspecified atom stereocenters. The lowest BCUT2D eigenvalue weighted by Crippen LogP contribution is -2.41. The van der Waals surface area contributed by atoms with Gasteiger partial charge in [-0.2, -0.15) is 10.2 Å². The van der Waals surface area contributed by atoms with E-state index in [1.165, 1.54) is 12.1 Å². The summed E-state index contributed by atoms with van der Waals surface area (Å²) in [6, 6.07) is 10.2. The molecule has 4 heterocycles. The quantitative estimate of drug-likeness (QED) is 0.302. The normalized spacial score (nSPS) is 13.3. The lowest BCUT2D eigenvalue weighted by Gasteiger charge is -2.30. The van der Waals surface area contributed by atoms with Crippen LogP contribution in [0.25, 0.3) is 33.8 Å². The molecule has 3 aromatic heterocycles. The lowest BCUT2D eigenvalue weighted by molar-refractivity contribution is 0.0194. The Kier molecular flexibility index (Phi) is 7.57. The number of pyridine rings is 1. The van der Waals surface area contributed by atoms with Gasteiger partial charge in [0.2, 0.25) is 0 Å². The van der Waals surface area contributed by atoms with E-state index >= 15 is 0 Å². The van der Waals surface area contributed by atoms with Gasteiger partial charge in [0.1, 0.15) is 29.5 Å². The molecule has 5 rings (SSSR count). The number of methoxy groups -OCH3 is 1. The van der Waals surface area contributed by atoms with Crippen LogP contribution in [0.15, 0.2) is 48.8 Å². The zero-order valence-electron chi connectivity index (χ0n) is 23.3. The van der Waals surface area contributed by atoms with Crippen LogP contribution in [0.5, 0.6) is 5.75 Å². The molecule has 0 fully saturated rings. The standard InChI is InChI=1S/C29H33FN6O4/c1-29(2,3)40-28(37)35-10-11-36-21(18-35)15-25(33-36)27-23(8-9-24(32-27)19-16-31-34(4)17-19)22-7-6-20(30)14-26(22)39-13-12-38-5/h6-9,14-17H,10-13,18H2,1-5H3. The molecule has 0 saturated heterocycles. The van der Waals surface area contributed by atoms with Crippen LogP contribution < -0.4 is 4.74 Å². The number of aromatic nitrogens is 5. The first-order chi connectivity index (χ1) is 19.1. The van der Waals surface area contributed by atoms with E-state index in [4.69, 9.17) is 24.3 Å². The maximum atomic E-state index is 14.2. The van der Waals surface area contributed by atoms with Gasteiger partial charge in [-0.15, -0.1) is 0 Å². The third-order valence-corrected chi connectivity index (χ3v) is 6.37. The molecule has 4 aromatic rings. The number of hydrogen-bond acceptors (Lipinski definition) is 7. The van der Waals surface area contributed by atoms with Crippen LogP contribution in [0.3, 0.4) is 0 Å². The van der Waals surface area contributed by atoms with Gasteiger partial charge in [0, 0.05) is 49.7 Å². The summed E-state index contributed by atoms with van der Waals surface area (Å²) in [4.78, 5) is 19.4. The molecule has 10 nitrogen and oxygen atoms in total. The van der Waals surface area contributed by atoms with Crippen LogP contribution in [0.4, 0.5) is 9.18 Å². The van der Waals surface area contributed by atoms with Crippen LogP contribution in [0, 0.1) is 5.82 Å². The van der Waals surface area contributed by atoms with Gasteiger partial charge in [0.05, 0.1) is 43.0 Å². The van der Waals surface area contributed by atoms with Gasteiger partial charge in [0.25, 0.3) is 0 Å². The Bertz CT molecular complexity index is 1520. The lowest BCUT2D eigenvalue weighted by atomic mass is 9.99. The zero-order valence-corrected chi connectivity index (χ0v) is 23.3. The topological polar surface area (TPSA) is 96.5 Å². The predicted molar refractivity (Wildman–Crippen MR) is 147 cm³/mol. The summed E-state index contributed by atoms with van der Waals surface area (Å²) in [7, 11) is 3.43. The van der Waals surface area contributed by atoms with Crippen LogP contribution in [0.1, 0.15) is 26.5 Å². The SMILES string of the molecule is COCCOc1cc(F)ccc1-c1ccc(-c2cnn(C)c2)nc1-c1cc2n(n1)CCN(C(=O)OC(C)(C)C)C2. The summed E-state index contributed by atoms with van der Waals surface area (Å²) in [5, 5.41) is 9.14. The molecular weight excluding hydrogens is 515 g/mol. The molecule has 0 saturated carbocycles. The monoisotopic (exact) mass is 548 g/mol. The number of carbonyl (C=O) groups is 1. The van der Waals surface area contributed by atoms with Gasteiger partial charge in [-0.3, -0.25) is 9.36 Å². The van der Waals surface area contributed by atoms with Gasteiger partial charge in [-0.25, -0.2) is 14.2 Å². The number of nitrogens with zero attached hydrogens (tertiary/aromatic N) is 6. The molecule has 1 aromatic carbocycles. The minimum atomic E-state index is -0.580. The van der Waals surface area contributed by atoms with E-state index < -0.39 is 11.4 Å². The molecule has 0 atom stereocenters. The van der Waals surface area contributed by atoms with Gasteiger partial charge in [-0.05, 0) is 51.1 Å². The first-order valence-corrected chi connectivity index (χ1v) is 13.1. The van der Waals surface area contributed by atoms with E-state index in [0.717, 1.165) is 22.5 Å². The number of hydrogen-bond donors (Lipinski definition) is 0. The van der Waals surface area contributed by atoms with Crippen molar-refractivity contribution < 1.29 is 23.4 Å². The number of carbonyl (C=O) groups excluding carboxylic acids is 1. The van der Waals surface area contributed by atoms with Crippen LogP contribution in [-0.2, 0) is 29.6 Å². The molecule has 210 valence electrons. The van der Waals surface area contributed by atoms with E-state index in [-0.39, 0.29) is 12.7 Å². The van der Waals surface area contributed by atoms with Crippen molar-refractivity contribution in [1.82, 2.24) is 29.4 Å². The van der Waals surface area contributed by atoms with Crippen molar-refractivity contribution >= 4 is 6.09 Å². The van der Waals surface area contributed by atoms with Gasteiger partial charge < -0.3 is 19.1 Å². The minimum absolute atomic E-state index is 0.267. The molecule has 11 heteroatoms. The molecule has 40 heavy (non-hydrogen) atoms. The average Bonchev–Trinajstić information content (AvgIpc) is 3.53. The van der Waals surface area contributed by atoms with Crippen molar-refractivity contribution in [2.45, 2.75) is 39.5 Å². The van der Waals surface area contributed by atoms with Crippen LogP contribution >= 0.6 is 0 Å². The Morgan fingerprint density at radius 1 is 1.05 bits per heavy atom. The van der Waals surface area contributed by atoms with Crippen molar-refractivity contribution in [1.29, 1.82) is 0 Å². The number of halogens is 1. The van der Waals surface area contributed by atoms with Crippen molar-refractivity contribution in [3.05, 3.63) is 60.3 Å². The third kappa shape index (κ3) is 5.99. The molecule has 1 aliphatic rings. The molecular formula is C29H33FN6O4. The van der Waals surface area contributed by atoms with Crippen molar-refractivity contribution in [3.8, 4) is 39.5 Å². The van der Waals surface area contributed by atoms with E-state index in [1.807, 2.05) is 56.9 Å². The predicted octanol–water partition coefficient (Wildman–Crippen LogP) is 4.93. The smallest absolute Gasteiger partial charge is 0.410 e. The molecule has 0 spiro atoms. The maximum absolute atomic E-state index is 14.2. The fourth-order valence-corrected chi connectivity index (χ4v) is 4.52. The molecule has 0 aliphatic carbocycles. The number of fused-ring (bicyclic) bond motifs is 1. The van der Waals surface area contributed by atoms with E-state index in [2.05, 4.69) is 5.10 Å². The average molecular weight is 549 g/mol. The Morgan fingerprint density at radius 2 is 1.85 bits per heavy atom. The highest BCUT2D eigenvalue weighted by Crippen LogP contribution is 2.38. The van der Waals surface area contributed by atoms with Crippen molar-refractivity contribution in [3.63, 3.8) is 0 Å². The van der Waals surface area contributed by atoms with Crippen LogP contribution in [-0.4, -0.2) is 68.0 Å². The highest BCUT2D eigenvalue weighted by Gasteiger charge is 2.28. The highest BCUT2D eigenvalue weighted by molar-refractivity contribution is 5.84.